The van der Waals surface area contributed by atoms with Crippen molar-refractivity contribution in [2.45, 2.75) is 6.42 Å². The van der Waals surface area contributed by atoms with Crippen LogP contribution in [-0.2, 0) is 6.42 Å². The summed E-state index contributed by atoms with van der Waals surface area (Å²) in [5, 5.41) is 12.0. The molecule has 4 aromatic rings. The van der Waals surface area contributed by atoms with Crippen LogP contribution >= 0.6 is 12.2 Å². The zero-order valence-corrected chi connectivity index (χ0v) is 16.6. The van der Waals surface area contributed by atoms with Gasteiger partial charge in [0.25, 0.3) is 11.5 Å². The van der Waals surface area contributed by atoms with Crippen LogP contribution in [0.25, 0.3) is 16.6 Å². The molecule has 4 rings (SSSR count). The topological polar surface area (TPSA) is 90.7 Å². The molecule has 0 spiro atoms. The van der Waals surface area contributed by atoms with Crippen LogP contribution in [0.15, 0.2) is 77.6 Å². The number of nitriles is 1. The molecule has 7 heteroatoms. The summed E-state index contributed by atoms with van der Waals surface area (Å²) in [5.41, 5.74) is 2.81. The van der Waals surface area contributed by atoms with Gasteiger partial charge in [-0.2, -0.15) is 5.26 Å². The van der Waals surface area contributed by atoms with E-state index in [9.17, 15) is 9.59 Å². The third kappa shape index (κ3) is 3.77. The van der Waals surface area contributed by atoms with E-state index in [4.69, 9.17) is 17.5 Å². The van der Waals surface area contributed by atoms with Gasteiger partial charge in [-0.25, -0.2) is 0 Å². The lowest BCUT2D eigenvalue weighted by Gasteiger charge is -2.10. The monoisotopic (exact) mass is 412 g/mol. The van der Waals surface area contributed by atoms with Crippen molar-refractivity contribution >= 4 is 34.7 Å². The fourth-order valence-corrected chi connectivity index (χ4v) is 3.47. The summed E-state index contributed by atoms with van der Waals surface area (Å²) in [6, 6.07) is 23.2. The van der Waals surface area contributed by atoms with Crippen LogP contribution in [0.4, 0.5) is 5.69 Å². The zero-order valence-electron chi connectivity index (χ0n) is 15.8. The van der Waals surface area contributed by atoms with E-state index in [2.05, 4.69) is 16.4 Å². The van der Waals surface area contributed by atoms with Crippen molar-refractivity contribution in [3.05, 3.63) is 99.0 Å². The molecule has 6 nitrogen and oxygen atoms in total. The Bertz CT molecular complexity index is 1400. The molecule has 1 aromatic heterocycles. The van der Waals surface area contributed by atoms with Crippen molar-refractivity contribution in [1.29, 1.82) is 5.26 Å². The molecule has 1 heterocycles. The van der Waals surface area contributed by atoms with Gasteiger partial charge in [0.1, 0.15) is 0 Å². The molecule has 146 valence electrons. The maximum atomic E-state index is 13.0. The predicted octanol–water partition coefficient (Wildman–Crippen LogP) is 4.37. The molecule has 30 heavy (non-hydrogen) atoms. The highest BCUT2D eigenvalue weighted by Crippen LogP contribution is 2.16. The van der Waals surface area contributed by atoms with Crippen molar-refractivity contribution in [3.8, 4) is 11.8 Å². The first-order valence-electron chi connectivity index (χ1n) is 9.18. The Labute approximate surface area is 177 Å². The van der Waals surface area contributed by atoms with E-state index < -0.39 is 0 Å². The predicted molar refractivity (Wildman–Crippen MR) is 118 cm³/mol. The van der Waals surface area contributed by atoms with E-state index in [1.807, 2.05) is 18.2 Å². The molecule has 3 aromatic carbocycles. The molecular weight excluding hydrogens is 396 g/mol. The first kappa shape index (κ1) is 19.3. The van der Waals surface area contributed by atoms with Crippen LogP contribution in [0.1, 0.15) is 15.9 Å². The summed E-state index contributed by atoms with van der Waals surface area (Å²) >= 11 is 5.38. The van der Waals surface area contributed by atoms with Crippen molar-refractivity contribution in [2.24, 2.45) is 0 Å². The van der Waals surface area contributed by atoms with Gasteiger partial charge in [0.05, 0.1) is 29.1 Å². The SMILES string of the molecule is N#CCc1ccc(NC(=O)c2ccc3c(=O)n(-c4ccccc4)c(=S)[nH]c3c2)cc1. The third-order valence-electron chi connectivity index (χ3n) is 4.67. The number of nitrogens with zero attached hydrogens (tertiary/aromatic N) is 2. The molecule has 0 unspecified atom stereocenters. The summed E-state index contributed by atoms with van der Waals surface area (Å²) in [6.45, 7) is 0. The van der Waals surface area contributed by atoms with Crippen molar-refractivity contribution in [1.82, 2.24) is 9.55 Å². The first-order chi connectivity index (χ1) is 14.6. The molecule has 0 atom stereocenters. The van der Waals surface area contributed by atoms with Crippen LogP contribution < -0.4 is 10.9 Å². The zero-order chi connectivity index (χ0) is 21.1. The molecule has 0 saturated heterocycles. The van der Waals surface area contributed by atoms with E-state index in [0.717, 1.165) is 5.56 Å². The second-order valence-corrected chi connectivity index (χ2v) is 7.04. The summed E-state index contributed by atoms with van der Waals surface area (Å²) < 4.78 is 1.68. The number of aromatic nitrogens is 2. The van der Waals surface area contributed by atoms with Crippen LogP contribution in [-0.4, -0.2) is 15.5 Å². The number of H-pyrrole nitrogens is 1. The van der Waals surface area contributed by atoms with Gasteiger partial charge in [-0.05, 0) is 60.2 Å². The Morgan fingerprint density at radius 2 is 1.80 bits per heavy atom. The second-order valence-electron chi connectivity index (χ2n) is 6.65. The average Bonchev–Trinajstić information content (AvgIpc) is 2.75. The molecule has 0 saturated carbocycles. The lowest BCUT2D eigenvalue weighted by molar-refractivity contribution is 0.102. The fourth-order valence-electron chi connectivity index (χ4n) is 3.17. The Morgan fingerprint density at radius 1 is 1.07 bits per heavy atom. The molecular formula is C23H16N4O2S. The number of amides is 1. The molecule has 0 aliphatic heterocycles. The fraction of sp³-hybridized carbons (Fsp3) is 0.0435. The smallest absolute Gasteiger partial charge is 0.266 e. The van der Waals surface area contributed by atoms with Gasteiger partial charge in [-0.15, -0.1) is 0 Å². The van der Waals surface area contributed by atoms with Crippen molar-refractivity contribution in [2.75, 3.05) is 5.32 Å². The number of anilines is 1. The van der Waals surface area contributed by atoms with E-state index in [1.54, 1.807) is 54.6 Å². The minimum Gasteiger partial charge on any atom is -0.331 e. The van der Waals surface area contributed by atoms with Crippen LogP contribution in [0.5, 0.6) is 0 Å². The number of hydrogen-bond donors (Lipinski definition) is 2. The van der Waals surface area contributed by atoms with Crippen LogP contribution in [0.2, 0.25) is 0 Å². The Balaban J connectivity index is 1.67. The third-order valence-corrected chi connectivity index (χ3v) is 4.95. The molecule has 0 aliphatic rings. The van der Waals surface area contributed by atoms with Gasteiger partial charge in [-0.1, -0.05) is 30.3 Å². The summed E-state index contributed by atoms with van der Waals surface area (Å²) in [6.07, 6.45) is 0.318. The number of nitrogens with one attached hydrogen (secondary N) is 2. The highest BCUT2D eigenvalue weighted by molar-refractivity contribution is 7.71. The number of para-hydroxylation sites is 1. The highest BCUT2D eigenvalue weighted by Gasteiger charge is 2.11. The first-order valence-corrected chi connectivity index (χ1v) is 9.59. The van der Waals surface area contributed by atoms with Gasteiger partial charge in [-0.3, -0.25) is 14.2 Å². The molecule has 0 fully saturated rings. The van der Waals surface area contributed by atoms with Crippen LogP contribution in [0.3, 0.4) is 0 Å². The lowest BCUT2D eigenvalue weighted by Crippen LogP contribution is -2.21. The molecule has 0 radical (unpaired) electrons. The quantitative estimate of drug-likeness (QED) is 0.487. The van der Waals surface area contributed by atoms with Gasteiger partial charge < -0.3 is 10.3 Å². The molecule has 0 aliphatic carbocycles. The van der Waals surface area contributed by atoms with Gasteiger partial charge in [0.2, 0.25) is 0 Å². The number of carbonyl (C=O) groups is 1. The van der Waals surface area contributed by atoms with Gasteiger partial charge in [0, 0.05) is 11.3 Å². The van der Waals surface area contributed by atoms with E-state index in [0.29, 0.717) is 34.3 Å². The maximum Gasteiger partial charge on any atom is 0.266 e. The normalized spacial score (nSPS) is 10.5. The number of aromatic amines is 1. The molecule has 2 N–H and O–H groups in total. The standard InChI is InChI=1S/C23H16N4O2S/c24-13-12-15-6-9-17(10-7-15)25-21(28)16-8-11-19-20(14-16)26-23(30)27(22(19)29)18-4-2-1-3-5-18/h1-11,14H,12H2,(H,25,28)(H,26,30). The van der Waals surface area contributed by atoms with E-state index >= 15 is 0 Å². The van der Waals surface area contributed by atoms with Crippen molar-refractivity contribution in [3.63, 3.8) is 0 Å². The number of carbonyl (C=O) groups excluding carboxylic acids is 1. The van der Waals surface area contributed by atoms with Gasteiger partial charge in [0.15, 0.2) is 4.77 Å². The Hall–Kier alpha value is -4.02. The summed E-state index contributed by atoms with van der Waals surface area (Å²) in [7, 11) is 0. The lowest BCUT2D eigenvalue weighted by atomic mass is 10.1. The summed E-state index contributed by atoms with van der Waals surface area (Å²) in [4.78, 5) is 28.6. The summed E-state index contributed by atoms with van der Waals surface area (Å²) in [5.74, 6) is -0.309. The Kier molecular flexibility index (Phi) is 5.24. The van der Waals surface area contributed by atoms with E-state index in [-0.39, 0.29) is 16.2 Å². The van der Waals surface area contributed by atoms with Crippen molar-refractivity contribution < 1.29 is 4.79 Å². The van der Waals surface area contributed by atoms with E-state index in [1.165, 1.54) is 4.57 Å². The van der Waals surface area contributed by atoms with Crippen LogP contribution in [0, 0.1) is 16.1 Å². The highest BCUT2D eigenvalue weighted by atomic mass is 32.1. The Morgan fingerprint density at radius 3 is 2.50 bits per heavy atom. The second kappa shape index (κ2) is 8.15. The largest absolute Gasteiger partial charge is 0.331 e. The number of rotatable bonds is 4. The minimum absolute atomic E-state index is 0.250. The minimum atomic E-state index is -0.309. The number of fused-ring (bicyclic) bond motifs is 1. The van der Waals surface area contributed by atoms with Gasteiger partial charge >= 0.3 is 0 Å². The molecule has 0 bridgehead atoms. The number of hydrogen-bond acceptors (Lipinski definition) is 4. The average molecular weight is 412 g/mol. The molecule has 1 amide bonds. The number of benzene rings is 3. The maximum absolute atomic E-state index is 13.0.